The van der Waals surface area contributed by atoms with Crippen molar-refractivity contribution in [2.75, 3.05) is 13.1 Å². The van der Waals surface area contributed by atoms with Crippen LogP contribution in [0.25, 0.3) is 0 Å². The molecule has 1 aromatic rings. The topological polar surface area (TPSA) is 29.1 Å². The van der Waals surface area contributed by atoms with Crippen molar-refractivity contribution in [2.24, 2.45) is 23.2 Å². The van der Waals surface area contributed by atoms with Crippen LogP contribution in [0.3, 0.4) is 0 Å². The molecule has 4 saturated carbocycles. The summed E-state index contributed by atoms with van der Waals surface area (Å²) in [5.74, 6) is 3.29. The Kier molecular flexibility index (Phi) is 6.13. The number of halogens is 2. The zero-order valence-electron chi connectivity index (χ0n) is 14.8. The van der Waals surface area contributed by atoms with Gasteiger partial charge in [0.25, 0.3) is 0 Å². The Balaban J connectivity index is 0.00000182. The summed E-state index contributed by atoms with van der Waals surface area (Å²) in [6.07, 6.45) is 10.9. The smallest absolute Gasteiger partial charge is 0.164 e. The van der Waals surface area contributed by atoms with E-state index in [0.717, 1.165) is 36.4 Å². The molecular weight excluding hydrogens is 353 g/mol. The molecule has 4 aliphatic rings. The summed E-state index contributed by atoms with van der Waals surface area (Å²) in [7, 11) is 0. The molecule has 0 amide bonds. The zero-order chi connectivity index (χ0) is 16.6. The average molecular weight is 382 g/mol. The van der Waals surface area contributed by atoms with Crippen LogP contribution >= 0.6 is 24.0 Å². The Bertz CT molecular complexity index is 563. The Hall–Kier alpha value is -0.570. The summed E-state index contributed by atoms with van der Waals surface area (Å²) in [5.41, 5.74) is 1.41. The minimum absolute atomic E-state index is 0. The number of ketones is 1. The highest BCUT2D eigenvalue weighted by atomic mass is 35.5. The van der Waals surface area contributed by atoms with Gasteiger partial charge in [0.05, 0.1) is 0 Å². The van der Waals surface area contributed by atoms with E-state index in [0.29, 0.717) is 16.9 Å². The molecule has 4 bridgehead atoms. The maximum atomic E-state index is 12.2. The van der Waals surface area contributed by atoms with Crippen LogP contribution in [0.4, 0.5) is 0 Å². The van der Waals surface area contributed by atoms with E-state index in [1.165, 1.54) is 44.9 Å². The van der Waals surface area contributed by atoms with Gasteiger partial charge in [0.2, 0.25) is 0 Å². The molecule has 1 N–H and O–H groups in total. The van der Waals surface area contributed by atoms with E-state index >= 15 is 0 Å². The Morgan fingerprint density at radius 1 is 1.00 bits per heavy atom. The summed E-state index contributed by atoms with van der Waals surface area (Å²) in [6, 6.07) is 7.21. The molecule has 0 aromatic heterocycles. The highest BCUT2D eigenvalue weighted by molar-refractivity contribution is 6.30. The van der Waals surface area contributed by atoms with Gasteiger partial charge in [-0.25, -0.2) is 0 Å². The standard InChI is InChI=1S/C21H28ClNO.ClH/c22-19-3-1-18(2-4-19)20(24)5-7-23-8-6-21-12-15-9-16(13-21)11-17(10-15)14-21;/h1-4,15-17,23H,5-14H2;1H. The molecule has 0 spiro atoms. The zero-order valence-corrected chi connectivity index (χ0v) is 16.4. The van der Waals surface area contributed by atoms with Crippen molar-refractivity contribution in [1.82, 2.24) is 5.32 Å². The summed E-state index contributed by atoms with van der Waals surface area (Å²) in [5, 5.41) is 4.21. The molecule has 138 valence electrons. The van der Waals surface area contributed by atoms with Gasteiger partial charge in [-0.05, 0) is 98.9 Å². The minimum atomic E-state index is 0. The molecule has 0 aliphatic heterocycles. The van der Waals surface area contributed by atoms with Crippen LogP contribution in [-0.4, -0.2) is 18.9 Å². The molecule has 25 heavy (non-hydrogen) atoms. The van der Waals surface area contributed by atoms with Gasteiger partial charge in [-0.1, -0.05) is 11.6 Å². The van der Waals surface area contributed by atoms with Crippen LogP contribution in [0.15, 0.2) is 24.3 Å². The van der Waals surface area contributed by atoms with Crippen LogP contribution in [0.2, 0.25) is 5.02 Å². The van der Waals surface area contributed by atoms with E-state index in [-0.39, 0.29) is 18.2 Å². The molecule has 2 nitrogen and oxygen atoms in total. The molecule has 0 atom stereocenters. The molecule has 0 unspecified atom stereocenters. The van der Waals surface area contributed by atoms with Gasteiger partial charge >= 0.3 is 0 Å². The predicted octanol–water partition coefficient (Wildman–Crippen LogP) is 5.53. The van der Waals surface area contributed by atoms with Crippen molar-refractivity contribution in [3.8, 4) is 0 Å². The van der Waals surface area contributed by atoms with E-state index in [1.807, 2.05) is 12.1 Å². The Labute approximate surface area is 162 Å². The molecule has 0 heterocycles. The van der Waals surface area contributed by atoms with Crippen molar-refractivity contribution in [3.05, 3.63) is 34.9 Å². The number of carbonyl (C=O) groups excluding carboxylic acids is 1. The second kappa shape index (κ2) is 7.98. The Morgan fingerprint density at radius 2 is 1.56 bits per heavy atom. The fourth-order valence-corrected chi connectivity index (χ4v) is 6.18. The third-order valence-corrected chi connectivity index (χ3v) is 6.94. The second-order valence-electron chi connectivity index (χ2n) is 8.60. The fourth-order valence-electron chi connectivity index (χ4n) is 6.06. The van der Waals surface area contributed by atoms with Gasteiger partial charge in [0, 0.05) is 23.6 Å². The normalized spacial score (nSPS) is 32.4. The molecule has 1 aromatic carbocycles. The maximum absolute atomic E-state index is 12.2. The lowest BCUT2D eigenvalue weighted by atomic mass is 9.49. The van der Waals surface area contributed by atoms with E-state index in [1.54, 1.807) is 12.1 Å². The summed E-state index contributed by atoms with van der Waals surface area (Å²) in [4.78, 5) is 12.2. The molecule has 4 fully saturated rings. The van der Waals surface area contributed by atoms with Crippen LogP contribution in [-0.2, 0) is 0 Å². The van der Waals surface area contributed by atoms with E-state index in [9.17, 15) is 4.79 Å². The quantitative estimate of drug-likeness (QED) is 0.496. The van der Waals surface area contributed by atoms with Crippen LogP contribution < -0.4 is 5.32 Å². The lowest BCUT2D eigenvalue weighted by molar-refractivity contribution is -0.0566. The predicted molar refractivity (Wildman–Crippen MR) is 106 cm³/mol. The first-order valence-electron chi connectivity index (χ1n) is 9.61. The van der Waals surface area contributed by atoms with Crippen molar-refractivity contribution < 1.29 is 4.79 Å². The molecule has 0 radical (unpaired) electrons. The van der Waals surface area contributed by atoms with E-state index < -0.39 is 0 Å². The van der Waals surface area contributed by atoms with E-state index in [4.69, 9.17) is 11.6 Å². The van der Waals surface area contributed by atoms with Crippen molar-refractivity contribution >= 4 is 29.8 Å². The van der Waals surface area contributed by atoms with Gasteiger partial charge in [-0.3, -0.25) is 4.79 Å². The van der Waals surface area contributed by atoms with Crippen molar-refractivity contribution in [2.45, 2.75) is 51.4 Å². The van der Waals surface area contributed by atoms with Gasteiger partial charge in [0.15, 0.2) is 5.78 Å². The summed E-state index contributed by atoms with van der Waals surface area (Å²) >= 11 is 5.87. The fraction of sp³-hybridized carbons (Fsp3) is 0.667. The average Bonchev–Trinajstić information content (AvgIpc) is 2.53. The number of rotatable bonds is 7. The first-order valence-corrected chi connectivity index (χ1v) is 9.99. The second-order valence-corrected chi connectivity index (χ2v) is 9.03. The molecule has 4 aliphatic carbocycles. The van der Waals surface area contributed by atoms with Crippen LogP contribution in [0.1, 0.15) is 61.7 Å². The maximum Gasteiger partial charge on any atom is 0.164 e. The van der Waals surface area contributed by atoms with Crippen LogP contribution in [0.5, 0.6) is 0 Å². The number of benzene rings is 1. The van der Waals surface area contributed by atoms with Crippen molar-refractivity contribution in [1.29, 1.82) is 0 Å². The molecule has 5 rings (SSSR count). The number of hydrogen-bond donors (Lipinski definition) is 1. The monoisotopic (exact) mass is 381 g/mol. The first kappa shape index (κ1) is 19.2. The minimum Gasteiger partial charge on any atom is -0.316 e. The lowest BCUT2D eigenvalue weighted by Gasteiger charge is -2.57. The van der Waals surface area contributed by atoms with Crippen molar-refractivity contribution in [3.63, 3.8) is 0 Å². The molecule has 0 saturated heterocycles. The Morgan fingerprint density at radius 3 is 2.12 bits per heavy atom. The van der Waals surface area contributed by atoms with Gasteiger partial charge in [-0.15, -0.1) is 12.4 Å². The van der Waals surface area contributed by atoms with Crippen LogP contribution in [0, 0.1) is 23.2 Å². The largest absolute Gasteiger partial charge is 0.316 e. The highest BCUT2D eigenvalue weighted by Crippen LogP contribution is 2.61. The number of hydrogen-bond acceptors (Lipinski definition) is 2. The summed E-state index contributed by atoms with van der Waals surface area (Å²) < 4.78 is 0. The van der Waals surface area contributed by atoms with Gasteiger partial charge < -0.3 is 5.32 Å². The van der Waals surface area contributed by atoms with Gasteiger partial charge in [-0.2, -0.15) is 0 Å². The number of carbonyl (C=O) groups is 1. The first-order chi connectivity index (χ1) is 11.6. The third-order valence-electron chi connectivity index (χ3n) is 6.69. The lowest BCUT2D eigenvalue weighted by Crippen LogP contribution is -2.47. The molecule has 4 heteroatoms. The summed E-state index contributed by atoms with van der Waals surface area (Å²) in [6.45, 7) is 1.86. The SMILES string of the molecule is Cl.O=C(CCNCCC12CC3CC(CC(C3)C1)C2)c1ccc(Cl)cc1. The van der Waals surface area contributed by atoms with Gasteiger partial charge in [0.1, 0.15) is 0 Å². The third kappa shape index (κ3) is 4.40. The number of nitrogens with one attached hydrogen (secondary N) is 1. The van der Waals surface area contributed by atoms with E-state index in [2.05, 4.69) is 5.32 Å². The molecular formula is C21H29Cl2NO. The highest BCUT2D eigenvalue weighted by Gasteiger charge is 2.50. The number of Topliss-reactive ketones (excluding diaryl/α,β-unsaturated/α-hetero) is 1.